The van der Waals surface area contributed by atoms with Crippen molar-refractivity contribution in [3.63, 3.8) is 0 Å². The minimum absolute atomic E-state index is 0.0108. The van der Waals surface area contributed by atoms with Crippen LogP contribution in [-0.4, -0.2) is 26.7 Å². The van der Waals surface area contributed by atoms with Crippen LogP contribution in [0.5, 0.6) is 0 Å². The molecule has 158 valence electrons. The van der Waals surface area contributed by atoms with E-state index >= 15 is 0 Å². The second kappa shape index (κ2) is 9.31. The summed E-state index contributed by atoms with van der Waals surface area (Å²) in [7, 11) is 0. The van der Waals surface area contributed by atoms with Crippen molar-refractivity contribution >= 4 is 28.4 Å². The molecule has 7 heteroatoms. The highest BCUT2D eigenvalue weighted by atomic mass is 32.2. The van der Waals surface area contributed by atoms with Crippen molar-refractivity contribution < 1.29 is 4.79 Å². The molecule has 1 aliphatic heterocycles. The van der Waals surface area contributed by atoms with Gasteiger partial charge < -0.3 is 11.1 Å². The first-order valence-corrected chi connectivity index (χ1v) is 11.2. The SMILES string of the molecule is CC1(c2cccc(CC(=O)c3ccc(NCc4cccnc4)cn3)c2)CCSC(N)=N1. The van der Waals surface area contributed by atoms with Crippen molar-refractivity contribution in [2.75, 3.05) is 11.1 Å². The van der Waals surface area contributed by atoms with E-state index in [1.807, 2.05) is 36.5 Å². The van der Waals surface area contributed by atoms with Gasteiger partial charge in [0.25, 0.3) is 0 Å². The van der Waals surface area contributed by atoms with Gasteiger partial charge in [0.1, 0.15) is 5.69 Å². The Morgan fingerprint density at radius 2 is 2.03 bits per heavy atom. The number of Topliss-reactive ketones (excluding diaryl/α,β-unsaturated/α-hetero) is 1. The fourth-order valence-corrected chi connectivity index (χ4v) is 4.53. The van der Waals surface area contributed by atoms with E-state index in [1.165, 1.54) is 0 Å². The van der Waals surface area contributed by atoms with Crippen molar-refractivity contribution in [3.8, 4) is 0 Å². The molecule has 0 spiro atoms. The number of amidine groups is 1. The highest BCUT2D eigenvalue weighted by molar-refractivity contribution is 8.13. The lowest BCUT2D eigenvalue weighted by Gasteiger charge is -2.30. The number of pyridine rings is 2. The van der Waals surface area contributed by atoms with Crippen molar-refractivity contribution in [1.29, 1.82) is 0 Å². The van der Waals surface area contributed by atoms with Gasteiger partial charge in [-0.05, 0) is 48.2 Å². The third kappa shape index (κ3) is 5.30. The highest BCUT2D eigenvalue weighted by Crippen LogP contribution is 2.35. The summed E-state index contributed by atoms with van der Waals surface area (Å²) >= 11 is 1.59. The summed E-state index contributed by atoms with van der Waals surface area (Å²) < 4.78 is 0. The van der Waals surface area contributed by atoms with Gasteiger partial charge in [-0.3, -0.25) is 19.8 Å². The molecule has 1 atom stereocenters. The monoisotopic (exact) mass is 431 g/mol. The molecule has 2 aromatic heterocycles. The molecular formula is C24H25N5OS. The van der Waals surface area contributed by atoms with Crippen LogP contribution in [-0.2, 0) is 18.5 Å². The normalized spacial score (nSPS) is 18.3. The molecule has 1 aliphatic rings. The number of carbonyl (C=O) groups is 1. The predicted molar refractivity (Wildman–Crippen MR) is 126 cm³/mol. The van der Waals surface area contributed by atoms with Gasteiger partial charge in [-0.1, -0.05) is 42.1 Å². The van der Waals surface area contributed by atoms with Gasteiger partial charge in [-0.25, -0.2) is 0 Å². The summed E-state index contributed by atoms with van der Waals surface area (Å²) in [6.45, 7) is 2.75. The Morgan fingerprint density at radius 1 is 1.16 bits per heavy atom. The number of ketones is 1. The molecule has 1 unspecified atom stereocenters. The number of nitrogens with two attached hydrogens (primary N) is 1. The van der Waals surface area contributed by atoms with E-state index < -0.39 is 0 Å². The highest BCUT2D eigenvalue weighted by Gasteiger charge is 2.29. The average Bonchev–Trinajstić information content (AvgIpc) is 2.79. The zero-order chi connectivity index (χ0) is 21.7. The zero-order valence-electron chi connectivity index (χ0n) is 17.4. The van der Waals surface area contributed by atoms with Crippen LogP contribution in [0.15, 0.2) is 72.1 Å². The number of aliphatic imine (C=N–C) groups is 1. The maximum Gasteiger partial charge on any atom is 0.185 e. The molecule has 0 saturated carbocycles. The number of thioether (sulfide) groups is 1. The predicted octanol–water partition coefficient (Wildman–Crippen LogP) is 4.18. The molecule has 0 radical (unpaired) electrons. The lowest BCUT2D eigenvalue weighted by Crippen LogP contribution is -2.28. The zero-order valence-corrected chi connectivity index (χ0v) is 18.2. The molecule has 3 heterocycles. The summed E-state index contributed by atoms with van der Waals surface area (Å²) in [4.78, 5) is 25.9. The topological polar surface area (TPSA) is 93.3 Å². The van der Waals surface area contributed by atoms with Crippen molar-refractivity contribution in [3.05, 3.63) is 89.5 Å². The molecule has 6 nitrogen and oxygen atoms in total. The quantitative estimate of drug-likeness (QED) is 0.545. The van der Waals surface area contributed by atoms with Crippen molar-refractivity contribution in [1.82, 2.24) is 9.97 Å². The minimum Gasteiger partial charge on any atom is -0.380 e. The molecule has 0 fully saturated rings. The van der Waals surface area contributed by atoms with Crippen LogP contribution < -0.4 is 11.1 Å². The van der Waals surface area contributed by atoms with Gasteiger partial charge in [0.2, 0.25) is 0 Å². The summed E-state index contributed by atoms with van der Waals surface area (Å²) in [6, 6.07) is 15.6. The molecule has 1 aromatic carbocycles. The van der Waals surface area contributed by atoms with Crippen LogP contribution in [0.1, 0.15) is 40.5 Å². The maximum absolute atomic E-state index is 12.8. The standard InChI is InChI=1S/C24H25N5OS/c1-24(9-11-31-23(25)29-24)19-6-2-4-17(12-19)13-22(30)21-8-7-20(16-28-21)27-15-18-5-3-10-26-14-18/h2-8,10,12,14,16,27H,9,11,13,15H2,1H3,(H2,25,29). The Balaban J connectivity index is 1.41. The van der Waals surface area contributed by atoms with Gasteiger partial charge in [0.15, 0.2) is 11.0 Å². The first kappa shape index (κ1) is 21.1. The van der Waals surface area contributed by atoms with E-state index in [4.69, 9.17) is 5.73 Å². The molecule has 0 aliphatic carbocycles. The fourth-order valence-electron chi connectivity index (χ4n) is 3.56. The molecule has 4 rings (SSSR count). The minimum atomic E-state index is -0.339. The molecule has 0 saturated heterocycles. The largest absolute Gasteiger partial charge is 0.380 e. The maximum atomic E-state index is 12.8. The number of anilines is 1. The number of hydrogen-bond donors (Lipinski definition) is 2. The Kier molecular flexibility index (Phi) is 6.32. The van der Waals surface area contributed by atoms with Crippen LogP contribution in [0.3, 0.4) is 0 Å². The fraction of sp³-hybridized carbons (Fsp3) is 0.250. The second-order valence-electron chi connectivity index (χ2n) is 7.77. The summed E-state index contributed by atoms with van der Waals surface area (Å²) in [5, 5.41) is 3.91. The van der Waals surface area contributed by atoms with Gasteiger partial charge >= 0.3 is 0 Å². The number of nitrogens with zero attached hydrogens (tertiary/aromatic N) is 3. The summed E-state index contributed by atoms with van der Waals surface area (Å²) in [5.41, 5.74) is 10.1. The van der Waals surface area contributed by atoms with Crippen LogP contribution in [0.2, 0.25) is 0 Å². The summed E-state index contributed by atoms with van der Waals surface area (Å²) in [6.07, 6.45) is 6.48. The number of hydrogen-bond acceptors (Lipinski definition) is 7. The molecule has 0 bridgehead atoms. The molecular weight excluding hydrogens is 406 g/mol. The van der Waals surface area contributed by atoms with E-state index in [0.29, 0.717) is 23.8 Å². The number of aromatic nitrogens is 2. The lowest BCUT2D eigenvalue weighted by atomic mass is 9.88. The number of rotatable bonds is 7. The van der Waals surface area contributed by atoms with Crippen LogP contribution >= 0.6 is 11.8 Å². The van der Waals surface area contributed by atoms with Crippen molar-refractivity contribution in [2.24, 2.45) is 10.7 Å². The second-order valence-corrected chi connectivity index (χ2v) is 8.88. The number of carbonyl (C=O) groups excluding carboxylic acids is 1. The molecule has 31 heavy (non-hydrogen) atoms. The van der Waals surface area contributed by atoms with Gasteiger partial charge in [0, 0.05) is 31.1 Å². The third-order valence-electron chi connectivity index (χ3n) is 5.38. The van der Waals surface area contributed by atoms with E-state index in [0.717, 1.165) is 34.6 Å². The van der Waals surface area contributed by atoms with E-state index in [2.05, 4.69) is 39.3 Å². The molecule has 3 N–H and O–H groups in total. The van der Waals surface area contributed by atoms with E-state index in [-0.39, 0.29) is 11.3 Å². The van der Waals surface area contributed by atoms with Crippen LogP contribution in [0, 0.1) is 0 Å². The third-order valence-corrected chi connectivity index (χ3v) is 6.17. The van der Waals surface area contributed by atoms with Gasteiger partial charge in [-0.2, -0.15) is 0 Å². The number of nitrogens with one attached hydrogen (secondary N) is 1. The smallest absolute Gasteiger partial charge is 0.185 e. The number of benzene rings is 1. The van der Waals surface area contributed by atoms with E-state index in [9.17, 15) is 4.79 Å². The Hall–Kier alpha value is -3.19. The van der Waals surface area contributed by atoms with Gasteiger partial charge in [-0.15, -0.1) is 0 Å². The van der Waals surface area contributed by atoms with Gasteiger partial charge in [0.05, 0.1) is 17.4 Å². The average molecular weight is 432 g/mol. The molecule has 3 aromatic rings. The first-order chi connectivity index (χ1) is 15.0. The summed E-state index contributed by atoms with van der Waals surface area (Å²) in [5.74, 6) is 0.934. The Bertz CT molecular complexity index is 1080. The van der Waals surface area contributed by atoms with Crippen LogP contribution in [0.4, 0.5) is 5.69 Å². The lowest BCUT2D eigenvalue weighted by molar-refractivity contribution is 0.0988. The van der Waals surface area contributed by atoms with Crippen LogP contribution in [0.25, 0.3) is 0 Å². The molecule has 0 amide bonds. The van der Waals surface area contributed by atoms with E-state index in [1.54, 1.807) is 30.2 Å². The Labute approximate surface area is 186 Å². The van der Waals surface area contributed by atoms with Crippen molar-refractivity contribution in [2.45, 2.75) is 31.8 Å². The first-order valence-electron chi connectivity index (χ1n) is 10.2. The Morgan fingerprint density at radius 3 is 2.77 bits per heavy atom.